The van der Waals surface area contributed by atoms with E-state index in [1.54, 1.807) is 0 Å². The second-order valence-electron chi connectivity index (χ2n) is 7.38. The van der Waals surface area contributed by atoms with Crippen LogP contribution in [0.2, 0.25) is 0 Å². The van der Waals surface area contributed by atoms with Crippen molar-refractivity contribution in [2.75, 3.05) is 0 Å². The number of carbonyl (C=O) groups is 1. The largest absolute Gasteiger partial charge is 0.481 e. The fourth-order valence-electron chi connectivity index (χ4n) is 3.55. The van der Waals surface area contributed by atoms with Crippen LogP contribution in [0, 0.1) is 23.2 Å². The molecule has 21 heavy (non-hydrogen) atoms. The Morgan fingerprint density at radius 3 is 2.52 bits per heavy atom. The van der Waals surface area contributed by atoms with Gasteiger partial charge in [-0.3, -0.25) is 4.79 Å². The van der Waals surface area contributed by atoms with Crippen LogP contribution in [-0.2, 0) is 11.2 Å². The van der Waals surface area contributed by atoms with E-state index < -0.39 is 5.97 Å². The van der Waals surface area contributed by atoms with E-state index in [0.717, 1.165) is 30.2 Å². The first-order valence-electron chi connectivity index (χ1n) is 7.75. The Morgan fingerprint density at radius 1 is 1.29 bits per heavy atom. The number of carboxylic acid groups (broad SMARTS) is 1. The minimum Gasteiger partial charge on any atom is -0.481 e. The molecule has 3 unspecified atom stereocenters. The van der Waals surface area contributed by atoms with Crippen molar-refractivity contribution < 1.29 is 9.90 Å². The summed E-state index contributed by atoms with van der Waals surface area (Å²) in [5, 5.41) is 9.53. The SMILES string of the molecule is CC(C)(C)C1CCC(C(=O)O)C(Cc2ccccc2Br)C1. The highest BCUT2D eigenvalue weighted by Crippen LogP contribution is 2.44. The standard InChI is InChI=1S/C18H25BrO2/c1-18(2,3)14-8-9-15(17(20)21)13(11-14)10-12-6-4-5-7-16(12)19/h4-7,13-15H,8-11H2,1-3H3,(H,20,21). The number of rotatable bonds is 3. The first kappa shape index (κ1) is 16.5. The molecule has 1 fully saturated rings. The predicted molar refractivity (Wildman–Crippen MR) is 89.3 cm³/mol. The van der Waals surface area contributed by atoms with Gasteiger partial charge in [-0.15, -0.1) is 0 Å². The molecule has 1 aromatic carbocycles. The first-order chi connectivity index (χ1) is 9.79. The molecule has 3 atom stereocenters. The van der Waals surface area contributed by atoms with Gasteiger partial charge in [0.2, 0.25) is 0 Å². The average molecular weight is 353 g/mol. The second-order valence-corrected chi connectivity index (χ2v) is 8.23. The lowest BCUT2D eigenvalue weighted by Gasteiger charge is -2.40. The Hall–Kier alpha value is -0.830. The molecule has 0 amide bonds. The monoisotopic (exact) mass is 352 g/mol. The van der Waals surface area contributed by atoms with Gasteiger partial charge in [-0.2, -0.15) is 0 Å². The normalized spacial score (nSPS) is 26.6. The molecule has 2 rings (SSSR count). The maximum atomic E-state index is 11.6. The van der Waals surface area contributed by atoms with Crippen LogP contribution < -0.4 is 0 Å². The molecule has 116 valence electrons. The summed E-state index contributed by atoms with van der Waals surface area (Å²) in [6.45, 7) is 6.82. The fraction of sp³-hybridized carbons (Fsp3) is 0.611. The summed E-state index contributed by atoms with van der Waals surface area (Å²) in [5.41, 5.74) is 1.48. The van der Waals surface area contributed by atoms with Crippen LogP contribution in [0.5, 0.6) is 0 Å². The number of benzene rings is 1. The van der Waals surface area contributed by atoms with Crippen molar-refractivity contribution in [3.8, 4) is 0 Å². The van der Waals surface area contributed by atoms with Crippen LogP contribution in [0.3, 0.4) is 0 Å². The molecule has 2 nitrogen and oxygen atoms in total. The van der Waals surface area contributed by atoms with Gasteiger partial charge in [0.1, 0.15) is 0 Å². The van der Waals surface area contributed by atoms with Crippen molar-refractivity contribution in [1.29, 1.82) is 0 Å². The van der Waals surface area contributed by atoms with Gasteiger partial charge in [0, 0.05) is 4.47 Å². The highest BCUT2D eigenvalue weighted by atomic mass is 79.9. The number of hydrogen-bond donors (Lipinski definition) is 1. The van der Waals surface area contributed by atoms with E-state index in [9.17, 15) is 9.90 Å². The molecular formula is C18H25BrO2. The Labute approximate surface area is 136 Å². The number of carboxylic acids is 1. The van der Waals surface area contributed by atoms with Crippen molar-refractivity contribution in [3.05, 3.63) is 34.3 Å². The van der Waals surface area contributed by atoms with Crippen molar-refractivity contribution in [2.45, 2.75) is 46.5 Å². The molecular weight excluding hydrogens is 328 g/mol. The van der Waals surface area contributed by atoms with Crippen LogP contribution in [0.25, 0.3) is 0 Å². The maximum Gasteiger partial charge on any atom is 0.306 e. The van der Waals surface area contributed by atoms with Crippen molar-refractivity contribution in [3.63, 3.8) is 0 Å². The summed E-state index contributed by atoms with van der Waals surface area (Å²) in [4.78, 5) is 11.6. The number of aliphatic carboxylic acids is 1. The predicted octanol–water partition coefficient (Wildman–Crippen LogP) is 5.15. The second kappa shape index (κ2) is 6.51. The maximum absolute atomic E-state index is 11.6. The van der Waals surface area contributed by atoms with Gasteiger partial charge in [0.05, 0.1) is 5.92 Å². The molecule has 3 heteroatoms. The molecule has 0 radical (unpaired) electrons. The van der Waals surface area contributed by atoms with E-state index in [4.69, 9.17) is 0 Å². The summed E-state index contributed by atoms with van der Waals surface area (Å²) in [6, 6.07) is 8.17. The quantitative estimate of drug-likeness (QED) is 0.815. The van der Waals surface area contributed by atoms with E-state index in [1.807, 2.05) is 18.2 Å². The molecule has 1 N–H and O–H groups in total. The number of halogens is 1. The van der Waals surface area contributed by atoms with Gasteiger partial charge in [0.15, 0.2) is 0 Å². The van der Waals surface area contributed by atoms with Gasteiger partial charge in [-0.05, 0) is 54.6 Å². The lowest BCUT2D eigenvalue weighted by molar-refractivity contribution is -0.146. The van der Waals surface area contributed by atoms with Crippen LogP contribution in [0.1, 0.15) is 45.6 Å². The van der Waals surface area contributed by atoms with Gasteiger partial charge in [-0.1, -0.05) is 54.9 Å². The Kier molecular flexibility index (Phi) is 5.13. The van der Waals surface area contributed by atoms with E-state index in [-0.39, 0.29) is 17.3 Å². The Balaban J connectivity index is 2.18. The van der Waals surface area contributed by atoms with E-state index in [1.165, 1.54) is 5.56 Å². The molecule has 0 bridgehead atoms. The molecule has 1 aliphatic carbocycles. The summed E-state index contributed by atoms with van der Waals surface area (Å²) in [7, 11) is 0. The van der Waals surface area contributed by atoms with E-state index >= 15 is 0 Å². The smallest absolute Gasteiger partial charge is 0.306 e. The zero-order chi connectivity index (χ0) is 15.6. The summed E-state index contributed by atoms with van der Waals surface area (Å²) in [6.07, 6.45) is 3.71. The molecule has 0 aliphatic heterocycles. The minimum absolute atomic E-state index is 0.198. The van der Waals surface area contributed by atoms with Gasteiger partial charge in [-0.25, -0.2) is 0 Å². The van der Waals surface area contributed by atoms with Crippen molar-refractivity contribution in [2.24, 2.45) is 23.2 Å². The average Bonchev–Trinajstić information content (AvgIpc) is 2.40. The molecule has 0 saturated heterocycles. The van der Waals surface area contributed by atoms with Crippen LogP contribution >= 0.6 is 15.9 Å². The highest BCUT2D eigenvalue weighted by Gasteiger charge is 2.39. The lowest BCUT2D eigenvalue weighted by atomic mass is 9.64. The van der Waals surface area contributed by atoms with Crippen LogP contribution in [0.15, 0.2) is 28.7 Å². The first-order valence-corrected chi connectivity index (χ1v) is 8.54. The van der Waals surface area contributed by atoms with E-state index in [0.29, 0.717) is 5.92 Å². The third-order valence-corrected chi connectivity index (χ3v) is 5.74. The van der Waals surface area contributed by atoms with Crippen LogP contribution in [0.4, 0.5) is 0 Å². The molecule has 1 saturated carbocycles. The summed E-state index contributed by atoms with van der Waals surface area (Å²) < 4.78 is 1.09. The van der Waals surface area contributed by atoms with Crippen molar-refractivity contribution in [1.82, 2.24) is 0 Å². The lowest BCUT2D eigenvalue weighted by Crippen LogP contribution is -2.36. The number of hydrogen-bond acceptors (Lipinski definition) is 1. The van der Waals surface area contributed by atoms with Gasteiger partial charge >= 0.3 is 5.97 Å². The van der Waals surface area contributed by atoms with Gasteiger partial charge < -0.3 is 5.11 Å². The third-order valence-electron chi connectivity index (χ3n) is 4.96. The fourth-order valence-corrected chi connectivity index (χ4v) is 3.99. The molecule has 0 spiro atoms. The zero-order valence-electron chi connectivity index (χ0n) is 13.1. The van der Waals surface area contributed by atoms with Crippen molar-refractivity contribution >= 4 is 21.9 Å². The third kappa shape index (κ3) is 4.09. The van der Waals surface area contributed by atoms with Gasteiger partial charge in [0.25, 0.3) is 0 Å². The summed E-state index contributed by atoms with van der Waals surface area (Å²) in [5.74, 6) is 0.0230. The zero-order valence-corrected chi connectivity index (χ0v) is 14.7. The highest BCUT2D eigenvalue weighted by molar-refractivity contribution is 9.10. The Bertz CT molecular complexity index is 504. The molecule has 0 heterocycles. The Morgan fingerprint density at radius 2 is 1.95 bits per heavy atom. The van der Waals surface area contributed by atoms with Crippen LogP contribution in [-0.4, -0.2) is 11.1 Å². The van der Waals surface area contributed by atoms with E-state index in [2.05, 4.69) is 42.8 Å². The molecule has 1 aromatic rings. The summed E-state index contributed by atoms with van der Waals surface area (Å²) >= 11 is 3.59. The molecule has 1 aliphatic rings. The molecule has 0 aromatic heterocycles. The topological polar surface area (TPSA) is 37.3 Å². The minimum atomic E-state index is -0.626.